The van der Waals surface area contributed by atoms with E-state index in [9.17, 15) is 9.59 Å². The lowest BCUT2D eigenvalue weighted by Gasteiger charge is -2.12. The number of benzene rings is 1. The predicted octanol–water partition coefficient (Wildman–Crippen LogP) is 1.68. The fraction of sp³-hybridized carbons (Fsp3) is 0.500. The van der Waals surface area contributed by atoms with Crippen molar-refractivity contribution >= 4 is 17.6 Å². The van der Waals surface area contributed by atoms with Crippen LogP contribution in [0, 0.1) is 5.92 Å². The van der Waals surface area contributed by atoms with Crippen LogP contribution in [0.2, 0.25) is 0 Å². The van der Waals surface area contributed by atoms with Crippen LogP contribution in [0.4, 0.5) is 10.5 Å². The van der Waals surface area contributed by atoms with Crippen molar-refractivity contribution in [1.82, 2.24) is 10.6 Å². The number of urea groups is 1. The zero-order valence-electron chi connectivity index (χ0n) is 13.1. The second-order valence-corrected chi connectivity index (χ2v) is 6.04. The van der Waals surface area contributed by atoms with Crippen molar-refractivity contribution in [3.63, 3.8) is 0 Å². The molecule has 6 heteroatoms. The minimum absolute atomic E-state index is 0.0459. The van der Waals surface area contributed by atoms with Gasteiger partial charge >= 0.3 is 6.03 Å². The molecule has 2 rings (SSSR count). The van der Waals surface area contributed by atoms with Crippen LogP contribution in [0.3, 0.4) is 0 Å². The van der Waals surface area contributed by atoms with Crippen molar-refractivity contribution in [2.75, 3.05) is 11.9 Å². The fourth-order valence-corrected chi connectivity index (χ4v) is 2.14. The first kappa shape index (κ1) is 16.3. The Morgan fingerprint density at radius 2 is 1.86 bits per heavy atom. The Hall–Kier alpha value is -2.08. The highest BCUT2D eigenvalue weighted by Gasteiger charge is 2.28. The van der Waals surface area contributed by atoms with Crippen LogP contribution < -0.4 is 21.7 Å². The minimum Gasteiger partial charge on any atom is -0.350 e. The summed E-state index contributed by atoms with van der Waals surface area (Å²) in [5, 5.41) is 8.29. The van der Waals surface area contributed by atoms with Gasteiger partial charge in [0.1, 0.15) is 0 Å². The van der Waals surface area contributed by atoms with E-state index < -0.39 is 0 Å². The smallest absolute Gasteiger partial charge is 0.319 e. The first-order chi connectivity index (χ1) is 10.5. The minimum atomic E-state index is -0.261. The third-order valence-corrected chi connectivity index (χ3v) is 3.55. The Morgan fingerprint density at radius 3 is 2.41 bits per heavy atom. The second kappa shape index (κ2) is 7.26. The zero-order chi connectivity index (χ0) is 16.1. The number of hydrogen-bond donors (Lipinski definition) is 4. The van der Waals surface area contributed by atoms with Crippen LogP contribution in [0.25, 0.3) is 0 Å². The lowest BCUT2D eigenvalue weighted by atomic mass is 10.1. The quantitative estimate of drug-likeness (QED) is 0.644. The molecule has 22 heavy (non-hydrogen) atoms. The molecule has 1 aromatic carbocycles. The molecule has 0 heterocycles. The summed E-state index contributed by atoms with van der Waals surface area (Å²) in [6.45, 7) is 4.28. The van der Waals surface area contributed by atoms with Gasteiger partial charge in [-0.25, -0.2) is 4.79 Å². The molecule has 0 aromatic heterocycles. The maximum atomic E-state index is 12.0. The fourth-order valence-electron chi connectivity index (χ4n) is 2.14. The normalized spacial score (nSPS) is 15.3. The monoisotopic (exact) mass is 304 g/mol. The summed E-state index contributed by atoms with van der Waals surface area (Å²) in [4.78, 5) is 23.6. The first-order valence-electron chi connectivity index (χ1n) is 7.67. The predicted molar refractivity (Wildman–Crippen MR) is 86.8 cm³/mol. The molecule has 0 saturated heterocycles. The molecule has 1 aliphatic carbocycles. The average Bonchev–Trinajstić information content (AvgIpc) is 3.28. The van der Waals surface area contributed by atoms with Crippen molar-refractivity contribution in [3.05, 3.63) is 29.8 Å². The van der Waals surface area contributed by atoms with Crippen LogP contribution >= 0.6 is 0 Å². The van der Waals surface area contributed by atoms with E-state index >= 15 is 0 Å². The van der Waals surface area contributed by atoms with Gasteiger partial charge in [0.2, 0.25) is 0 Å². The van der Waals surface area contributed by atoms with Crippen LogP contribution in [0.1, 0.15) is 37.0 Å². The number of anilines is 1. The molecule has 0 spiro atoms. The van der Waals surface area contributed by atoms with Gasteiger partial charge in [0.05, 0.1) is 0 Å². The summed E-state index contributed by atoms with van der Waals surface area (Å²) in [5.74, 6) is 0.417. The molecular weight excluding hydrogens is 280 g/mol. The van der Waals surface area contributed by atoms with E-state index in [1.165, 1.54) is 0 Å². The van der Waals surface area contributed by atoms with Gasteiger partial charge in [-0.15, -0.1) is 0 Å². The number of rotatable bonds is 6. The van der Waals surface area contributed by atoms with Crippen LogP contribution in [-0.4, -0.2) is 30.6 Å². The number of carbonyl (C=O) groups is 2. The highest BCUT2D eigenvalue weighted by molar-refractivity contribution is 5.95. The van der Waals surface area contributed by atoms with E-state index in [-0.39, 0.29) is 24.0 Å². The summed E-state index contributed by atoms with van der Waals surface area (Å²) in [6.07, 6.45) is 2.33. The van der Waals surface area contributed by atoms with Crippen molar-refractivity contribution < 1.29 is 9.59 Å². The molecule has 1 fully saturated rings. The van der Waals surface area contributed by atoms with E-state index in [0.29, 0.717) is 23.7 Å². The van der Waals surface area contributed by atoms with Gasteiger partial charge < -0.3 is 21.7 Å². The Labute approximate surface area is 130 Å². The van der Waals surface area contributed by atoms with E-state index in [0.717, 1.165) is 12.8 Å². The largest absolute Gasteiger partial charge is 0.350 e. The SMILES string of the molecule is CC(C)NC(=O)Nc1ccc(C(=O)NCC(N)C2CC2)cc1. The molecule has 1 aliphatic rings. The first-order valence-corrected chi connectivity index (χ1v) is 7.67. The summed E-state index contributed by atoms with van der Waals surface area (Å²) >= 11 is 0. The third kappa shape index (κ3) is 5.04. The molecule has 0 aliphatic heterocycles. The van der Waals surface area contributed by atoms with E-state index in [4.69, 9.17) is 5.73 Å². The van der Waals surface area contributed by atoms with Gasteiger partial charge in [0.25, 0.3) is 5.91 Å². The molecule has 0 radical (unpaired) electrons. The van der Waals surface area contributed by atoms with Gasteiger partial charge in [0, 0.05) is 29.9 Å². The van der Waals surface area contributed by atoms with Crippen molar-refractivity contribution in [2.45, 2.75) is 38.8 Å². The number of hydrogen-bond acceptors (Lipinski definition) is 3. The second-order valence-electron chi connectivity index (χ2n) is 6.04. The Balaban J connectivity index is 1.82. The van der Waals surface area contributed by atoms with Crippen molar-refractivity contribution in [1.29, 1.82) is 0 Å². The van der Waals surface area contributed by atoms with E-state index in [1.807, 2.05) is 13.8 Å². The van der Waals surface area contributed by atoms with Crippen molar-refractivity contribution in [2.24, 2.45) is 11.7 Å². The highest BCUT2D eigenvalue weighted by atomic mass is 16.2. The Morgan fingerprint density at radius 1 is 1.23 bits per heavy atom. The van der Waals surface area contributed by atoms with Gasteiger partial charge in [-0.05, 0) is 56.9 Å². The van der Waals surface area contributed by atoms with Crippen molar-refractivity contribution in [3.8, 4) is 0 Å². The summed E-state index contributed by atoms with van der Waals surface area (Å²) in [6, 6.07) is 6.63. The maximum absolute atomic E-state index is 12.0. The molecule has 6 nitrogen and oxygen atoms in total. The molecular formula is C16H24N4O2. The number of nitrogens with two attached hydrogens (primary N) is 1. The standard InChI is InChI=1S/C16H24N4O2/c1-10(2)19-16(22)20-13-7-5-12(6-8-13)15(21)18-9-14(17)11-3-4-11/h5-8,10-11,14H,3-4,9,17H2,1-2H3,(H,18,21)(H2,19,20,22). The topological polar surface area (TPSA) is 96.2 Å². The molecule has 5 N–H and O–H groups in total. The van der Waals surface area contributed by atoms with E-state index in [1.54, 1.807) is 24.3 Å². The van der Waals surface area contributed by atoms with Gasteiger partial charge in [-0.3, -0.25) is 4.79 Å². The summed E-state index contributed by atoms with van der Waals surface area (Å²) in [5.41, 5.74) is 7.15. The lowest BCUT2D eigenvalue weighted by Crippen LogP contribution is -2.38. The van der Waals surface area contributed by atoms with Gasteiger partial charge in [-0.2, -0.15) is 0 Å². The molecule has 1 atom stereocenters. The summed E-state index contributed by atoms with van der Waals surface area (Å²) in [7, 11) is 0. The molecule has 1 aromatic rings. The molecule has 0 bridgehead atoms. The van der Waals surface area contributed by atoms with Crippen LogP contribution in [0.5, 0.6) is 0 Å². The molecule has 120 valence electrons. The number of carbonyl (C=O) groups excluding carboxylic acids is 2. The highest BCUT2D eigenvalue weighted by Crippen LogP contribution is 2.31. The maximum Gasteiger partial charge on any atom is 0.319 e. The summed E-state index contributed by atoms with van der Waals surface area (Å²) < 4.78 is 0. The number of amides is 3. The van der Waals surface area contributed by atoms with Gasteiger partial charge in [0.15, 0.2) is 0 Å². The number of nitrogens with one attached hydrogen (secondary N) is 3. The average molecular weight is 304 g/mol. The van der Waals surface area contributed by atoms with Crippen LogP contribution in [0.15, 0.2) is 24.3 Å². The zero-order valence-corrected chi connectivity index (χ0v) is 13.1. The Kier molecular flexibility index (Phi) is 5.38. The van der Waals surface area contributed by atoms with Crippen LogP contribution in [-0.2, 0) is 0 Å². The molecule has 1 unspecified atom stereocenters. The lowest BCUT2D eigenvalue weighted by molar-refractivity contribution is 0.0950. The third-order valence-electron chi connectivity index (χ3n) is 3.55. The van der Waals surface area contributed by atoms with E-state index in [2.05, 4.69) is 16.0 Å². The molecule has 3 amide bonds. The molecule has 1 saturated carbocycles. The van der Waals surface area contributed by atoms with Gasteiger partial charge in [-0.1, -0.05) is 0 Å². The Bertz CT molecular complexity index is 523.